The Hall–Kier alpha value is -2.70. The van der Waals surface area contributed by atoms with Gasteiger partial charge in [-0.3, -0.25) is 19.7 Å². The Morgan fingerprint density at radius 3 is 2.86 bits per heavy atom. The van der Waals surface area contributed by atoms with Crippen LogP contribution in [0.15, 0.2) is 30.5 Å². The smallest absolute Gasteiger partial charge is 0.225 e. The first-order chi connectivity index (χ1) is 13.3. The summed E-state index contributed by atoms with van der Waals surface area (Å²) in [6, 6.07) is 7.76. The SMILES string of the molecule is CC(C)(C)c1cc(CNC(=O)C2CCC(=O)N(CCc3ccccn3)C2)[nH]n1. The number of amides is 2. The van der Waals surface area contributed by atoms with Crippen molar-refractivity contribution in [2.75, 3.05) is 13.1 Å². The number of rotatable bonds is 6. The molecule has 2 aromatic heterocycles. The summed E-state index contributed by atoms with van der Waals surface area (Å²) in [6.45, 7) is 7.78. The summed E-state index contributed by atoms with van der Waals surface area (Å²) in [5.74, 6) is -0.0722. The van der Waals surface area contributed by atoms with Gasteiger partial charge in [-0.15, -0.1) is 0 Å². The van der Waals surface area contributed by atoms with Gasteiger partial charge in [0.05, 0.1) is 23.9 Å². The van der Waals surface area contributed by atoms with Crippen molar-refractivity contribution in [2.45, 2.75) is 52.0 Å². The number of H-pyrrole nitrogens is 1. The first-order valence-electron chi connectivity index (χ1n) is 9.83. The molecule has 1 fully saturated rings. The third-order valence-corrected chi connectivity index (χ3v) is 5.09. The van der Waals surface area contributed by atoms with Crippen LogP contribution in [-0.2, 0) is 28.0 Å². The first kappa shape index (κ1) is 20.0. The standard InChI is InChI=1S/C21H29N5O2/c1-21(2,3)18-12-17(24-25-18)13-23-20(28)15-7-8-19(27)26(14-15)11-9-16-6-4-5-10-22-16/h4-6,10,12,15H,7-9,11,13-14H2,1-3H3,(H,23,28)(H,24,25). The van der Waals surface area contributed by atoms with Crippen molar-refractivity contribution < 1.29 is 9.59 Å². The van der Waals surface area contributed by atoms with Crippen LogP contribution in [0.5, 0.6) is 0 Å². The zero-order chi connectivity index (χ0) is 20.1. The second kappa shape index (κ2) is 8.54. The Morgan fingerprint density at radius 2 is 2.18 bits per heavy atom. The fraction of sp³-hybridized carbons (Fsp3) is 0.524. The van der Waals surface area contributed by atoms with Crippen LogP contribution in [0.3, 0.4) is 0 Å². The molecule has 1 atom stereocenters. The summed E-state index contributed by atoms with van der Waals surface area (Å²) in [7, 11) is 0. The van der Waals surface area contributed by atoms with Gasteiger partial charge in [-0.1, -0.05) is 26.8 Å². The molecule has 7 heteroatoms. The van der Waals surface area contributed by atoms with E-state index in [0.717, 1.165) is 17.1 Å². The predicted molar refractivity (Wildman–Crippen MR) is 106 cm³/mol. The highest BCUT2D eigenvalue weighted by molar-refractivity contribution is 5.83. The Bertz CT molecular complexity index is 810. The molecule has 2 amide bonds. The first-order valence-corrected chi connectivity index (χ1v) is 9.83. The fourth-order valence-corrected chi connectivity index (χ4v) is 3.30. The van der Waals surface area contributed by atoms with Crippen LogP contribution in [0.25, 0.3) is 0 Å². The lowest BCUT2D eigenvalue weighted by atomic mass is 9.92. The van der Waals surface area contributed by atoms with Crippen LogP contribution in [0.2, 0.25) is 0 Å². The van der Waals surface area contributed by atoms with E-state index < -0.39 is 0 Å². The maximum Gasteiger partial charge on any atom is 0.225 e. The highest BCUT2D eigenvalue weighted by atomic mass is 16.2. The normalized spacial score (nSPS) is 17.6. The van der Waals surface area contributed by atoms with E-state index in [2.05, 4.69) is 41.3 Å². The van der Waals surface area contributed by atoms with E-state index in [1.165, 1.54) is 0 Å². The molecule has 2 aromatic rings. The van der Waals surface area contributed by atoms with E-state index in [4.69, 9.17) is 0 Å². The third-order valence-electron chi connectivity index (χ3n) is 5.09. The number of nitrogens with zero attached hydrogens (tertiary/aromatic N) is 3. The van der Waals surface area contributed by atoms with Crippen LogP contribution in [0.1, 0.15) is 50.7 Å². The van der Waals surface area contributed by atoms with Gasteiger partial charge < -0.3 is 10.2 Å². The van der Waals surface area contributed by atoms with E-state index in [9.17, 15) is 9.59 Å². The lowest BCUT2D eigenvalue weighted by molar-refractivity contribution is -0.138. The molecule has 3 rings (SSSR count). The van der Waals surface area contributed by atoms with Crippen molar-refractivity contribution >= 4 is 11.8 Å². The molecule has 1 saturated heterocycles. The van der Waals surface area contributed by atoms with Gasteiger partial charge in [-0.2, -0.15) is 5.10 Å². The number of hydrogen-bond acceptors (Lipinski definition) is 4. The molecule has 0 radical (unpaired) electrons. The predicted octanol–water partition coefficient (Wildman–Crippen LogP) is 2.20. The highest BCUT2D eigenvalue weighted by Crippen LogP contribution is 2.21. The zero-order valence-electron chi connectivity index (χ0n) is 16.9. The van der Waals surface area contributed by atoms with Gasteiger partial charge >= 0.3 is 0 Å². The molecule has 150 valence electrons. The molecule has 0 aliphatic carbocycles. The van der Waals surface area contributed by atoms with E-state index in [0.29, 0.717) is 38.9 Å². The minimum absolute atomic E-state index is 0.0118. The lowest BCUT2D eigenvalue weighted by Crippen LogP contribution is -2.46. The Morgan fingerprint density at radius 1 is 1.36 bits per heavy atom. The van der Waals surface area contributed by atoms with Crippen molar-refractivity contribution in [1.29, 1.82) is 0 Å². The van der Waals surface area contributed by atoms with Crippen molar-refractivity contribution in [3.8, 4) is 0 Å². The number of aromatic amines is 1. The summed E-state index contributed by atoms with van der Waals surface area (Å²) in [4.78, 5) is 30.9. The Balaban J connectivity index is 1.50. The van der Waals surface area contributed by atoms with Crippen LogP contribution in [0, 0.1) is 5.92 Å². The summed E-state index contributed by atoms with van der Waals surface area (Å²) in [5.41, 5.74) is 2.78. The van der Waals surface area contributed by atoms with Gasteiger partial charge in [-0.25, -0.2) is 0 Å². The number of likely N-dealkylation sites (tertiary alicyclic amines) is 1. The van der Waals surface area contributed by atoms with Crippen molar-refractivity contribution in [1.82, 2.24) is 25.4 Å². The Labute approximate surface area is 165 Å². The topological polar surface area (TPSA) is 91.0 Å². The molecular weight excluding hydrogens is 354 g/mol. The van der Waals surface area contributed by atoms with Crippen LogP contribution in [0.4, 0.5) is 0 Å². The fourth-order valence-electron chi connectivity index (χ4n) is 3.30. The van der Waals surface area contributed by atoms with Gasteiger partial charge in [0.25, 0.3) is 0 Å². The van der Waals surface area contributed by atoms with Gasteiger partial charge in [-0.05, 0) is 24.6 Å². The summed E-state index contributed by atoms with van der Waals surface area (Å²) in [6.07, 6.45) is 3.47. The number of aromatic nitrogens is 3. The maximum absolute atomic E-state index is 12.6. The van der Waals surface area contributed by atoms with E-state index in [1.54, 1.807) is 11.1 Å². The number of piperidine rings is 1. The number of pyridine rings is 1. The lowest BCUT2D eigenvalue weighted by Gasteiger charge is -2.31. The van der Waals surface area contributed by atoms with Gasteiger partial charge in [0, 0.05) is 43.2 Å². The minimum Gasteiger partial charge on any atom is -0.350 e. The minimum atomic E-state index is -0.175. The highest BCUT2D eigenvalue weighted by Gasteiger charge is 2.30. The molecule has 1 unspecified atom stereocenters. The van der Waals surface area contributed by atoms with Crippen molar-refractivity contribution in [3.05, 3.63) is 47.5 Å². The second-order valence-corrected chi connectivity index (χ2v) is 8.39. The van der Waals surface area contributed by atoms with Crippen LogP contribution < -0.4 is 5.32 Å². The van der Waals surface area contributed by atoms with Crippen molar-refractivity contribution in [3.63, 3.8) is 0 Å². The number of carbonyl (C=O) groups is 2. The summed E-state index contributed by atoms with van der Waals surface area (Å²) >= 11 is 0. The van der Waals surface area contributed by atoms with Crippen molar-refractivity contribution in [2.24, 2.45) is 5.92 Å². The van der Waals surface area contributed by atoms with E-state index in [1.807, 2.05) is 24.3 Å². The molecule has 0 spiro atoms. The molecular formula is C21H29N5O2. The largest absolute Gasteiger partial charge is 0.350 e. The van der Waals surface area contributed by atoms with Gasteiger partial charge in [0.15, 0.2) is 0 Å². The van der Waals surface area contributed by atoms with E-state index in [-0.39, 0.29) is 23.1 Å². The van der Waals surface area contributed by atoms with Crippen LogP contribution >= 0.6 is 0 Å². The zero-order valence-corrected chi connectivity index (χ0v) is 16.9. The molecule has 0 bridgehead atoms. The average molecular weight is 383 g/mol. The van der Waals surface area contributed by atoms with Gasteiger partial charge in [0.1, 0.15) is 0 Å². The summed E-state index contributed by atoms with van der Waals surface area (Å²) in [5, 5.41) is 10.3. The van der Waals surface area contributed by atoms with E-state index >= 15 is 0 Å². The quantitative estimate of drug-likeness (QED) is 0.800. The van der Waals surface area contributed by atoms with Crippen LogP contribution in [-0.4, -0.2) is 45.0 Å². The molecule has 3 heterocycles. The number of hydrogen-bond donors (Lipinski definition) is 2. The maximum atomic E-state index is 12.6. The number of nitrogens with one attached hydrogen (secondary N) is 2. The molecule has 2 N–H and O–H groups in total. The molecule has 28 heavy (non-hydrogen) atoms. The second-order valence-electron chi connectivity index (χ2n) is 8.39. The Kier molecular flexibility index (Phi) is 6.11. The monoisotopic (exact) mass is 383 g/mol. The molecule has 0 aromatic carbocycles. The number of carbonyl (C=O) groups excluding carboxylic acids is 2. The van der Waals surface area contributed by atoms with Gasteiger partial charge in [0.2, 0.25) is 11.8 Å². The molecule has 1 aliphatic rings. The summed E-state index contributed by atoms with van der Waals surface area (Å²) < 4.78 is 0. The average Bonchev–Trinajstić information content (AvgIpc) is 3.16. The molecule has 1 aliphatic heterocycles. The molecule has 7 nitrogen and oxygen atoms in total. The third kappa shape index (κ3) is 5.18. The molecule has 0 saturated carbocycles.